The molecular weight excluding hydrogens is 356 g/mol. The van der Waals surface area contributed by atoms with Crippen LogP contribution in [0.4, 0.5) is 0 Å². The van der Waals surface area contributed by atoms with E-state index >= 15 is 0 Å². The van der Waals surface area contributed by atoms with Crippen LogP contribution in [-0.4, -0.2) is 97.9 Å². The first-order valence-electron chi connectivity index (χ1n) is 10.7. The van der Waals surface area contributed by atoms with E-state index < -0.39 is 0 Å². The van der Waals surface area contributed by atoms with Crippen LogP contribution in [0.25, 0.3) is 0 Å². The summed E-state index contributed by atoms with van der Waals surface area (Å²) in [5.41, 5.74) is 0. The fraction of sp³-hybridized carbons (Fsp3) is 0.850. The van der Waals surface area contributed by atoms with Crippen molar-refractivity contribution in [3.05, 3.63) is 0 Å². The maximum absolute atomic E-state index is 12.2. The van der Waals surface area contributed by atoms with E-state index in [0.717, 1.165) is 39.0 Å². The summed E-state index contributed by atoms with van der Waals surface area (Å²) in [6, 6.07) is 1.00. The number of likely N-dealkylation sites (N-methyl/N-ethyl adjacent to an activating group) is 2. The van der Waals surface area contributed by atoms with Crippen molar-refractivity contribution in [3.63, 3.8) is 0 Å². The van der Waals surface area contributed by atoms with Gasteiger partial charge in [-0.15, -0.1) is 0 Å². The van der Waals surface area contributed by atoms with Gasteiger partial charge in [-0.3, -0.25) is 14.5 Å². The second kappa shape index (κ2) is 9.58. The van der Waals surface area contributed by atoms with Gasteiger partial charge in [0.25, 0.3) is 0 Å². The number of nitrogens with one attached hydrogen (secondary N) is 2. The normalized spacial score (nSPS) is 26.0. The van der Waals surface area contributed by atoms with Crippen molar-refractivity contribution in [3.8, 4) is 0 Å². The Kier molecular flexibility index (Phi) is 7.15. The summed E-state index contributed by atoms with van der Waals surface area (Å²) in [4.78, 5) is 34.7. The van der Waals surface area contributed by atoms with E-state index in [1.807, 2.05) is 4.90 Å². The van der Waals surface area contributed by atoms with E-state index in [4.69, 9.17) is 0 Å². The van der Waals surface area contributed by atoms with E-state index in [1.165, 1.54) is 12.8 Å². The van der Waals surface area contributed by atoms with Crippen LogP contribution >= 0.6 is 0 Å². The summed E-state index contributed by atoms with van der Waals surface area (Å²) in [7, 11) is 3.49. The van der Waals surface area contributed by atoms with Crippen LogP contribution in [0.3, 0.4) is 0 Å². The van der Waals surface area contributed by atoms with Gasteiger partial charge in [-0.2, -0.15) is 0 Å². The van der Waals surface area contributed by atoms with Gasteiger partial charge in [0.05, 0.1) is 0 Å². The molecule has 3 rings (SSSR count). The van der Waals surface area contributed by atoms with E-state index in [-0.39, 0.29) is 18.4 Å². The summed E-state index contributed by atoms with van der Waals surface area (Å²) in [5.74, 6) is 1.25. The first-order valence-corrected chi connectivity index (χ1v) is 10.7. The van der Waals surface area contributed by atoms with Crippen LogP contribution in [0.1, 0.15) is 39.0 Å². The molecule has 2 saturated heterocycles. The number of hydrogen-bond acceptors (Lipinski definition) is 4. The highest BCUT2D eigenvalue weighted by molar-refractivity contribution is 5.85. The Morgan fingerprint density at radius 1 is 1.21 bits per heavy atom. The quantitative estimate of drug-likeness (QED) is 0.453. The second-order valence-electron chi connectivity index (χ2n) is 8.49. The monoisotopic (exact) mass is 392 g/mol. The highest BCUT2D eigenvalue weighted by Gasteiger charge is 2.39. The number of nitrogens with zero attached hydrogens (tertiary/aromatic N) is 4. The molecule has 0 aromatic heterocycles. The van der Waals surface area contributed by atoms with Crippen LogP contribution in [-0.2, 0) is 9.59 Å². The molecule has 0 bridgehead atoms. The van der Waals surface area contributed by atoms with E-state index in [1.54, 1.807) is 19.0 Å². The third-order valence-corrected chi connectivity index (χ3v) is 6.07. The predicted molar refractivity (Wildman–Crippen MR) is 110 cm³/mol. The minimum absolute atomic E-state index is 0.0203. The molecule has 158 valence electrons. The molecule has 0 aromatic rings. The molecule has 8 heteroatoms. The molecule has 1 saturated carbocycles. The van der Waals surface area contributed by atoms with Gasteiger partial charge in [0, 0.05) is 58.2 Å². The third kappa shape index (κ3) is 5.59. The summed E-state index contributed by atoms with van der Waals surface area (Å²) in [5, 5.41) is 6.81. The lowest BCUT2D eigenvalue weighted by Crippen LogP contribution is -2.46. The average Bonchev–Trinajstić information content (AvgIpc) is 3.30. The lowest BCUT2D eigenvalue weighted by molar-refractivity contribution is -0.128. The SMILES string of the molecule is CCN1CCCC1CNC(=NCC(=O)N(C)C)NCC1CC(=O)N(C2CC2)C1. The fourth-order valence-electron chi connectivity index (χ4n) is 4.14. The summed E-state index contributed by atoms with van der Waals surface area (Å²) >= 11 is 0. The number of likely N-dealkylation sites (tertiary alicyclic amines) is 2. The molecule has 0 spiro atoms. The Morgan fingerprint density at radius 3 is 2.64 bits per heavy atom. The van der Waals surface area contributed by atoms with Crippen molar-refractivity contribution in [1.29, 1.82) is 0 Å². The van der Waals surface area contributed by atoms with Gasteiger partial charge in [0.2, 0.25) is 11.8 Å². The van der Waals surface area contributed by atoms with Crippen molar-refractivity contribution < 1.29 is 9.59 Å². The lowest BCUT2D eigenvalue weighted by atomic mass is 10.1. The highest BCUT2D eigenvalue weighted by atomic mass is 16.2. The predicted octanol–water partition coefficient (Wildman–Crippen LogP) is 0.105. The minimum atomic E-state index is -0.0203. The van der Waals surface area contributed by atoms with Gasteiger partial charge < -0.3 is 20.4 Å². The average molecular weight is 393 g/mol. The first-order chi connectivity index (χ1) is 13.5. The van der Waals surface area contributed by atoms with E-state index in [2.05, 4.69) is 27.4 Å². The molecule has 8 nitrogen and oxygen atoms in total. The summed E-state index contributed by atoms with van der Waals surface area (Å²) < 4.78 is 0. The fourth-order valence-corrected chi connectivity index (χ4v) is 4.14. The molecule has 2 aliphatic heterocycles. The van der Waals surface area contributed by atoms with Gasteiger partial charge in [0.1, 0.15) is 6.54 Å². The Balaban J connectivity index is 1.52. The third-order valence-electron chi connectivity index (χ3n) is 6.07. The molecule has 2 N–H and O–H groups in total. The van der Waals surface area contributed by atoms with Crippen LogP contribution in [0.5, 0.6) is 0 Å². The zero-order chi connectivity index (χ0) is 20.1. The Bertz CT molecular complexity index is 589. The number of carbonyl (C=O) groups is 2. The zero-order valence-electron chi connectivity index (χ0n) is 17.6. The first kappa shape index (κ1) is 20.9. The molecular formula is C20H36N6O2. The highest BCUT2D eigenvalue weighted by Crippen LogP contribution is 2.32. The van der Waals surface area contributed by atoms with Crippen LogP contribution < -0.4 is 10.6 Å². The second-order valence-corrected chi connectivity index (χ2v) is 8.49. The Labute approximate surface area is 168 Å². The zero-order valence-corrected chi connectivity index (χ0v) is 17.6. The van der Waals surface area contributed by atoms with Gasteiger partial charge in [-0.1, -0.05) is 6.92 Å². The Morgan fingerprint density at radius 2 is 1.96 bits per heavy atom. The number of amides is 2. The molecule has 2 atom stereocenters. The molecule has 1 aliphatic carbocycles. The molecule has 2 heterocycles. The van der Waals surface area contributed by atoms with Gasteiger partial charge in [0.15, 0.2) is 5.96 Å². The molecule has 2 unspecified atom stereocenters. The standard InChI is InChI=1S/C20H36N6O2/c1-4-25-9-5-6-17(25)12-22-20(23-13-19(28)24(2)3)21-11-15-10-18(27)26(14-15)16-7-8-16/h15-17H,4-14H2,1-3H3,(H2,21,22,23). The number of carbonyl (C=O) groups excluding carboxylic acids is 2. The number of hydrogen-bond donors (Lipinski definition) is 2. The summed E-state index contributed by atoms with van der Waals surface area (Å²) in [6.45, 7) is 6.92. The lowest BCUT2D eigenvalue weighted by Gasteiger charge is -2.24. The van der Waals surface area contributed by atoms with Crippen LogP contribution in [0.2, 0.25) is 0 Å². The van der Waals surface area contributed by atoms with E-state index in [0.29, 0.717) is 36.9 Å². The van der Waals surface area contributed by atoms with Crippen LogP contribution in [0.15, 0.2) is 4.99 Å². The number of rotatable bonds is 8. The summed E-state index contributed by atoms with van der Waals surface area (Å²) in [6.07, 6.45) is 5.35. The molecule has 2 amide bonds. The molecule has 0 aromatic carbocycles. The maximum Gasteiger partial charge on any atom is 0.243 e. The van der Waals surface area contributed by atoms with Crippen molar-refractivity contribution in [2.45, 2.75) is 51.1 Å². The molecule has 3 fully saturated rings. The van der Waals surface area contributed by atoms with Crippen molar-refractivity contribution in [1.82, 2.24) is 25.3 Å². The van der Waals surface area contributed by atoms with Crippen LogP contribution in [0, 0.1) is 5.92 Å². The topological polar surface area (TPSA) is 80.3 Å². The van der Waals surface area contributed by atoms with Gasteiger partial charge in [-0.05, 0) is 38.8 Å². The van der Waals surface area contributed by atoms with Crippen molar-refractivity contribution in [2.75, 3.05) is 53.4 Å². The maximum atomic E-state index is 12.2. The number of guanidine groups is 1. The van der Waals surface area contributed by atoms with E-state index in [9.17, 15) is 9.59 Å². The van der Waals surface area contributed by atoms with Gasteiger partial charge in [-0.25, -0.2) is 4.99 Å². The minimum Gasteiger partial charge on any atom is -0.356 e. The molecule has 28 heavy (non-hydrogen) atoms. The van der Waals surface area contributed by atoms with Gasteiger partial charge >= 0.3 is 0 Å². The Hall–Kier alpha value is -1.83. The van der Waals surface area contributed by atoms with Crippen molar-refractivity contribution >= 4 is 17.8 Å². The number of aliphatic imine (C=N–C) groups is 1. The molecule has 3 aliphatic rings. The largest absolute Gasteiger partial charge is 0.356 e. The smallest absolute Gasteiger partial charge is 0.243 e. The van der Waals surface area contributed by atoms with Crippen molar-refractivity contribution in [2.24, 2.45) is 10.9 Å². The molecule has 0 radical (unpaired) electrons.